The molecule has 0 aliphatic heterocycles. The van der Waals surface area contributed by atoms with Gasteiger partial charge in [-0.25, -0.2) is 0 Å². The molecule has 0 unspecified atom stereocenters. The molecule has 3 amide bonds. The van der Waals surface area contributed by atoms with Crippen LogP contribution in [-0.4, -0.2) is 30.6 Å². The normalized spacial score (nSPS) is 11.2. The van der Waals surface area contributed by atoms with Gasteiger partial charge >= 0.3 is 0 Å². The molecule has 0 radical (unpaired) electrons. The first kappa shape index (κ1) is 32.4. The highest BCUT2D eigenvalue weighted by atomic mass is 35.5. The van der Waals surface area contributed by atoms with E-state index in [1.807, 2.05) is 43.3 Å². The lowest BCUT2D eigenvalue weighted by atomic mass is 10.0. The number of amides is 3. The summed E-state index contributed by atoms with van der Waals surface area (Å²) in [7, 11) is 1.52. The summed E-state index contributed by atoms with van der Waals surface area (Å²) < 4.78 is 5.34. The number of carbonyl (C=O) groups excluding carboxylic acids is 3. The Morgan fingerprint density at radius 3 is 2.32 bits per heavy atom. The summed E-state index contributed by atoms with van der Waals surface area (Å²) in [4.78, 5) is 39.9. The number of benzene rings is 4. The molecule has 3 N–H and O–H groups in total. The number of ether oxygens (including phenoxy) is 1. The van der Waals surface area contributed by atoms with E-state index in [1.54, 1.807) is 60.7 Å². The average Bonchev–Trinajstić information content (AvgIpc) is 3.02. The fourth-order valence-electron chi connectivity index (χ4n) is 4.21. The maximum atomic E-state index is 13.5. The van der Waals surface area contributed by atoms with Crippen molar-refractivity contribution in [2.45, 2.75) is 31.6 Å². The Kier molecular flexibility index (Phi) is 11.2. The van der Waals surface area contributed by atoms with Gasteiger partial charge in [0.1, 0.15) is 11.4 Å². The monoisotopic (exact) mass is 627 g/mol. The van der Waals surface area contributed by atoms with Crippen molar-refractivity contribution in [3.63, 3.8) is 0 Å². The smallest absolute Gasteiger partial charge is 0.272 e. The van der Waals surface area contributed by atoms with E-state index in [2.05, 4.69) is 29.8 Å². The van der Waals surface area contributed by atoms with Crippen LogP contribution in [0.1, 0.15) is 46.8 Å². The molecule has 0 saturated carbocycles. The third-order valence-corrected chi connectivity index (χ3v) is 8.06. The van der Waals surface area contributed by atoms with Crippen LogP contribution in [0.2, 0.25) is 5.02 Å². The predicted octanol–water partition coefficient (Wildman–Crippen LogP) is 7.92. The molecule has 0 bridgehead atoms. The standard InChI is InChI=1S/C35H34ClN3O4S/c1-22(2)25-15-13-24(14-16-25)18-31(39-34(41)26-9-6-5-7-10-26)35(42)37-27-11-8-12-28(19-27)44-21-33(40)38-30-17-23(3)29(36)20-32(30)43-4/h5-20,22H,21H2,1-4H3,(H,37,42)(H,38,40)(H,39,41)/b31-18+. The van der Waals surface area contributed by atoms with Gasteiger partial charge in [0.15, 0.2) is 0 Å². The van der Waals surface area contributed by atoms with Crippen LogP contribution < -0.4 is 20.7 Å². The van der Waals surface area contributed by atoms with Gasteiger partial charge in [0.05, 0.1) is 18.6 Å². The van der Waals surface area contributed by atoms with Gasteiger partial charge in [-0.15, -0.1) is 11.8 Å². The molecule has 0 spiro atoms. The highest BCUT2D eigenvalue weighted by Gasteiger charge is 2.16. The summed E-state index contributed by atoms with van der Waals surface area (Å²) in [5.74, 6) is -0.118. The summed E-state index contributed by atoms with van der Waals surface area (Å²) >= 11 is 7.49. The Morgan fingerprint density at radius 2 is 1.64 bits per heavy atom. The molecule has 0 heterocycles. The van der Waals surface area contributed by atoms with Crippen molar-refractivity contribution in [3.05, 3.63) is 124 Å². The van der Waals surface area contributed by atoms with Gasteiger partial charge in [-0.2, -0.15) is 0 Å². The predicted molar refractivity (Wildman–Crippen MR) is 180 cm³/mol. The number of methoxy groups -OCH3 is 1. The van der Waals surface area contributed by atoms with E-state index in [9.17, 15) is 14.4 Å². The second-order valence-corrected chi connectivity index (χ2v) is 11.8. The molecule has 0 atom stereocenters. The van der Waals surface area contributed by atoms with Gasteiger partial charge in [0.25, 0.3) is 11.8 Å². The summed E-state index contributed by atoms with van der Waals surface area (Å²) in [5.41, 5.74) is 4.36. The highest BCUT2D eigenvalue weighted by Crippen LogP contribution is 2.31. The number of rotatable bonds is 11. The van der Waals surface area contributed by atoms with Crippen LogP contribution in [0.3, 0.4) is 0 Å². The Labute approximate surface area is 267 Å². The van der Waals surface area contributed by atoms with E-state index in [0.717, 1.165) is 16.0 Å². The Hall–Kier alpha value is -4.53. The van der Waals surface area contributed by atoms with E-state index >= 15 is 0 Å². The van der Waals surface area contributed by atoms with Gasteiger partial charge in [-0.1, -0.05) is 74.0 Å². The molecule has 7 nitrogen and oxygen atoms in total. The molecule has 44 heavy (non-hydrogen) atoms. The number of aryl methyl sites for hydroxylation is 1. The molecule has 4 rings (SSSR count). The second kappa shape index (κ2) is 15.3. The lowest BCUT2D eigenvalue weighted by molar-refractivity contribution is -0.114. The fourth-order valence-corrected chi connectivity index (χ4v) is 5.12. The first-order valence-electron chi connectivity index (χ1n) is 14.0. The largest absolute Gasteiger partial charge is 0.495 e. The van der Waals surface area contributed by atoms with Crippen molar-refractivity contribution in [1.82, 2.24) is 5.32 Å². The third-order valence-electron chi connectivity index (χ3n) is 6.66. The van der Waals surface area contributed by atoms with Crippen LogP contribution in [0.25, 0.3) is 6.08 Å². The number of carbonyl (C=O) groups is 3. The van der Waals surface area contributed by atoms with Crippen molar-refractivity contribution in [1.29, 1.82) is 0 Å². The van der Waals surface area contributed by atoms with Crippen LogP contribution in [0.4, 0.5) is 11.4 Å². The summed E-state index contributed by atoms with van der Waals surface area (Å²) in [6.45, 7) is 6.07. The summed E-state index contributed by atoms with van der Waals surface area (Å²) in [6.07, 6.45) is 1.65. The van der Waals surface area contributed by atoms with Crippen LogP contribution >= 0.6 is 23.4 Å². The minimum Gasteiger partial charge on any atom is -0.495 e. The third kappa shape index (κ3) is 8.99. The van der Waals surface area contributed by atoms with Crippen LogP contribution in [0.5, 0.6) is 5.75 Å². The fraction of sp³-hybridized carbons (Fsp3) is 0.171. The van der Waals surface area contributed by atoms with Crippen molar-refractivity contribution >= 4 is 58.5 Å². The van der Waals surface area contributed by atoms with Gasteiger partial charge in [-0.3, -0.25) is 14.4 Å². The number of halogens is 1. The number of thioether (sulfide) groups is 1. The van der Waals surface area contributed by atoms with E-state index in [4.69, 9.17) is 16.3 Å². The summed E-state index contributed by atoms with van der Waals surface area (Å²) in [6, 6.07) is 27.2. The van der Waals surface area contributed by atoms with Crippen molar-refractivity contribution in [2.75, 3.05) is 23.5 Å². The first-order valence-corrected chi connectivity index (χ1v) is 15.4. The molecule has 0 aromatic heterocycles. The molecular weight excluding hydrogens is 594 g/mol. The number of anilines is 2. The zero-order valence-corrected chi connectivity index (χ0v) is 26.5. The molecule has 4 aromatic rings. The molecule has 0 fully saturated rings. The Bertz CT molecular complexity index is 1670. The van der Waals surface area contributed by atoms with Crippen molar-refractivity contribution in [3.8, 4) is 5.75 Å². The SMILES string of the molecule is COc1cc(Cl)c(C)cc1NC(=O)CSc1cccc(NC(=O)/C(=C\c2ccc(C(C)C)cc2)NC(=O)c2ccccc2)c1. The Balaban J connectivity index is 1.46. The minimum atomic E-state index is -0.479. The zero-order chi connectivity index (χ0) is 31.6. The van der Waals surface area contributed by atoms with Crippen LogP contribution in [0, 0.1) is 6.92 Å². The molecule has 0 saturated heterocycles. The summed E-state index contributed by atoms with van der Waals surface area (Å²) in [5, 5.41) is 9.06. The molecule has 0 aliphatic rings. The van der Waals surface area contributed by atoms with Gasteiger partial charge < -0.3 is 20.7 Å². The Morgan fingerprint density at radius 1 is 0.909 bits per heavy atom. The van der Waals surface area contributed by atoms with Crippen molar-refractivity contribution < 1.29 is 19.1 Å². The zero-order valence-electron chi connectivity index (χ0n) is 24.9. The van der Waals surface area contributed by atoms with E-state index in [1.165, 1.54) is 24.4 Å². The van der Waals surface area contributed by atoms with Gasteiger partial charge in [-0.05, 0) is 72.0 Å². The van der Waals surface area contributed by atoms with E-state index < -0.39 is 11.8 Å². The minimum absolute atomic E-state index is 0.0980. The maximum Gasteiger partial charge on any atom is 0.272 e. The number of hydrogen-bond donors (Lipinski definition) is 3. The lowest BCUT2D eigenvalue weighted by Gasteiger charge is -2.13. The molecule has 226 valence electrons. The molecule has 0 aliphatic carbocycles. The topological polar surface area (TPSA) is 96.5 Å². The van der Waals surface area contributed by atoms with Crippen molar-refractivity contribution in [2.24, 2.45) is 0 Å². The van der Waals surface area contributed by atoms with E-state index in [-0.39, 0.29) is 17.4 Å². The van der Waals surface area contributed by atoms with Gasteiger partial charge in [0, 0.05) is 27.2 Å². The maximum absolute atomic E-state index is 13.5. The first-order chi connectivity index (χ1) is 21.1. The quantitative estimate of drug-likeness (QED) is 0.116. The molecule has 4 aromatic carbocycles. The molecular formula is C35H34ClN3O4S. The highest BCUT2D eigenvalue weighted by molar-refractivity contribution is 8.00. The van der Waals surface area contributed by atoms with E-state index in [0.29, 0.717) is 33.6 Å². The molecule has 9 heteroatoms. The second-order valence-electron chi connectivity index (χ2n) is 10.3. The lowest BCUT2D eigenvalue weighted by Crippen LogP contribution is -2.30. The van der Waals surface area contributed by atoms with Crippen LogP contribution in [-0.2, 0) is 9.59 Å². The van der Waals surface area contributed by atoms with Gasteiger partial charge in [0.2, 0.25) is 5.91 Å². The van der Waals surface area contributed by atoms with Crippen LogP contribution in [0.15, 0.2) is 102 Å². The number of nitrogens with one attached hydrogen (secondary N) is 3. The number of hydrogen-bond acceptors (Lipinski definition) is 5. The average molecular weight is 628 g/mol.